The molecule has 1 atom stereocenters. The molecule has 9 heteroatoms. The molecule has 2 aromatic carbocycles. The van der Waals surface area contributed by atoms with Crippen molar-refractivity contribution in [1.82, 2.24) is 14.7 Å². The van der Waals surface area contributed by atoms with Crippen LogP contribution in [0.4, 0.5) is 5.69 Å². The molecule has 0 radical (unpaired) electrons. The predicted molar refractivity (Wildman–Crippen MR) is 134 cm³/mol. The lowest BCUT2D eigenvalue weighted by atomic mass is 10.0. The number of likely N-dealkylation sites (tertiary alicyclic amines) is 1. The molecule has 2 aromatic rings. The first-order valence-corrected chi connectivity index (χ1v) is 12.6. The second-order valence-corrected chi connectivity index (χ2v) is 9.64. The Kier molecular flexibility index (Phi) is 7.41. The van der Waals surface area contributed by atoms with Crippen LogP contribution >= 0.6 is 11.6 Å². The van der Waals surface area contributed by atoms with Crippen LogP contribution in [0.3, 0.4) is 0 Å². The summed E-state index contributed by atoms with van der Waals surface area (Å²) in [6, 6.07) is 13.3. The van der Waals surface area contributed by atoms with Gasteiger partial charge < -0.3 is 19.7 Å². The summed E-state index contributed by atoms with van der Waals surface area (Å²) < 4.78 is 11.4. The van der Waals surface area contributed by atoms with E-state index in [-0.39, 0.29) is 17.9 Å². The van der Waals surface area contributed by atoms with Gasteiger partial charge in [-0.3, -0.25) is 19.4 Å². The number of hydrogen-bond donors (Lipinski definition) is 1. The van der Waals surface area contributed by atoms with Gasteiger partial charge in [0.05, 0.1) is 29.8 Å². The van der Waals surface area contributed by atoms with Crippen molar-refractivity contribution < 1.29 is 19.1 Å². The number of para-hydroxylation sites is 1. The molecule has 1 N–H and O–H groups in total. The van der Waals surface area contributed by atoms with Gasteiger partial charge in [-0.1, -0.05) is 29.8 Å². The molecule has 0 saturated carbocycles. The van der Waals surface area contributed by atoms with Crippen LogP contribution in [-0.4, -0.2) is 85.5 Å². The van der Waals surface area contributed by atoms with Crippen LogP contribution in [0.1, 0.15) is 24.4 Å². The Hall–Kier alpha value is -2.81. The van der Waals surface area contributed by atoms with E-state index in [9.17, 15) is 9.59 Å². The van der Waals surface area contributed by atoms with Crippen molar-refractivity contribution in [1.29, 1.82) is 0 Å². The molecule has 5 rings (SSSR count). The van der Waals surface area contributed by atoms with E-state index >= 15 is 0 Å². The third-order valence-corrected chi connectivity index (χ3v) is 7.19. The van der Waals surface area contributed by atoms with Crippen molar-refractivity contribution in [3.05, 3.63) is 53.1 Å². The zero-order valence-corrected chi connectivity index (χ0v) is 20.5. The van der Waals surface area contributed by atoms with Gasteiger partial charge in [0.2, 0.25) is 11.8 Å². The number of benzene rings is 2. The summed E-state index contributed by atoms with van der Waals surface area (Å²) in [5, 5.41) is 3.40. The second-order valence-electron chi connectivity index (χ2n) is 9.23. The molecule has 0 spiro atoms. The van der Waals surface area contributed by atoms with E-state index < -0.39 is 0 Å². The topological polar surface area (TPSA) is 74.4 Å². The third kappa shape index (κ3) is 5.72. The number of carbonyl (C=O) groups excluding carboxylic acids is 2. The summed E-state index contributed by atoms with van der Waals surface area (Å²) in [5.74, 6) is 1.62. The summed E-state index contributed by atoms with van der Waals surface area (Å²) in [6.07, 6.45) is 1.96. The molecule has 186 valence electrons. The number of rotatable bonds is 6. The highest BCUT2D eigenvalue weighted by molar-refractivity contribution is 6.33. The van der Waals surface area contributed by atoms with Gasteiger partial charge in [-0.05, 0) is 42.7 Å². The SMILES string of the molecule is O=C(CN1CCN(CC(=O)N2CCC[C@H]2c2ccc3c(c2)OCCO3)CC1)Nc1ccccc1Cl. The van der Waals surface area contributed by atoms with E-state index in [0.717, 1.165) is 62.6 Å². The van der Waals surface area contributed by atoms with E-state index in [4.69, 9.17) is 21.1 Å². The van der Waals surface area contributed by atoms with Crippen molar-refractivity contribution in [3.8, 4) is 11.5 Å². The van der Waals surface area contributed by atoms with Crippen LogP contribution in [0.2, 0.25) is 5.02 Å². The molecule has 3 aliphatic heterocycles. The highest BCUT2D eigenvalue weighted by Crippen LogP contribution is 2.38. The van der Waals surface area contributed by atoms with Crippen LogP contribution in [0.15, 0.2) is 42.5 Å². The number of nitrogens with zero attached hydrogens (tertiary/aromatic N) is 3. The second kappa shape index (κ2) is 10.8. The average molecular weight is 499 g/mol. The summed E-state index contributed by atoms with van der Waals surface area (Å²) >= 11 is 6.13. The quantitative estimate of drug-likeness (QED) is 0.660. The van der Waals surface area contributed by atoms with Crippen molar-refractivity contribution in [2.75, 3.05) is 64.3 Å². The van der Waals surface area contributed by atoms with Crippen LogP contribution in [0.25, 0.3) is 0 Å². The molecular weight excluding hydrogens is 468 g/mol. The number of nitrogens with one attached hydrogen (secondary N) is 1. The van der Waals surface area contributed by atoms with Gasteiger partial charge in [0.1, 0.15) is 13.2 Å². The number of amides is 2. The number of halogens is 1. The van der Waals surface area contributed by atoms with Gasteiger partial charge in [-0.2, -0.15) is 0 Å². The molecule has 0 bridgehead atoms. The number of ether oxygens (including phenoxy) is 2. The van der Waals surface area contributed by atoms with Gasteiger partial charge in [0.25, 0.3) is 0 Å². The minimum absolute atomic E-state index is 0.0770. The molecular formula is C26H31ClN4O4. The molecule has 2 amide bonds. The van der Waals surface area contributed by atoms with Crippen molar-refractivity contribution in [2.45, 2.75) is 18.9 Å². The highest BCUT2D eigenvalue weighted by atomic mass is 35.5. The number of fused-ring (bicyclic) bond motifs is 1. The van der Waals surface area contributed by atoms with Crippen molar-refractivity contribution >= 4 is 29.1 Å². The normalized spacial score (nSPS) is 20.6. The molecule has 3 aliphatic rings. The van der Waals surface area contributed by atoms with Crippen LogP contribution in [-0.2, 0) is 9.59 Å². The zero-order chi connectivity index (χ0) is 24.2. The summed E-state index contributed by atoms with van der Waals surface area (Å²) in [5.41, 5.74) is 1.73. The maximum Gasteiger partial charge on any atom is 0.238 e. The van der Waals surface area contributed by atoms with Gasteiger partial charge in [0.15, 0.2) is 11.5 Å². The maximum atomic E-state index is 13.2. The monoisotopic (exact) mass is 498 g/mol. The molecule has 0 aromatic heterocycles. The van der Waals surface area contributed by atoms with E-state index in [0.29, 0.717) is 37.0 Å². The first-order valence-electron chi connectivity index (χ1n) is 12.2. The van der Waals surface area contributed by atoms with Gasteiger partial charge in [-0.15, -0.1) is 0 Å². The number of anilines is 1. The van der Waals surface area contributed by atoms with Crippen molar-refractivity contribution in [2.24, 2.45) is 0 Å². The third-order valence-electron chi connectivity index (χ3n) is 6.86. The number of piperazine rings is 1. The number of carbonyl (C=O) groups is 2. The first-order chi connectivity index (χ1) is 17.1. The van der Waals surface area contributed by atoms with Gasteiger partial charge in [-0.25, -0.2) is 0 Å². The van der Waals surface area contributed by atoms with Gasteiger partial charge in [0, 0.05) is 32.7 Å². The summed E-state index contributed by atoms with van der Waals surface area (Å²) in [4.78, 5) is 31.9. The summed E-state index contributed by atoms with van der Waals surface area (Å²) in [7, 11) is 0. The van der Waals surface area contributed by atoms with E-state index in [1.165, 1.54) is 0 Å². The van der Waals surface area contributed by atoms with E-state index in [1.807, 2.05) is 29.2 Å². The fraction of sp³-hybridized carbons (Fsp3) is 0.462. The Morgan fingerprint density at radius 2 is 1.63 bits per heavy atom. The fourth-order valence-corrected chi connectivity index (χ4v) is 5.21. The Balaban J connectivity index is 1.11. The van der Waals surface area contributed by atoms with Gasteiger partial charge >= 0.3 is 0 Å². The molecule has 35 heavy (non-hydrogen) atoms. The minimum atomic E-state index is -0.0815. The lowest BCUT2D eigenvalue weighted by molar-refractivity contribution is -0.134. The zero-order valence-electron chi connectivity index (χ0n) is 19.7. The van der Waals surface area contributed by atoms with Crippen LogP contribution < -0.4 is 14.8 Å². The highest BCUT2D eigenvalue weighted by Gasteiger charge is 2.32. The largest absolute Gasteiger partial charge is 0.486 e. The molecule has 0 aliphatic carbocycles. The van der Waals surface area contributed by atoms with Crippen LogP contribution in [0, 0.1) is 0 Å². The standard InChI is InChI=1S/C26H31ClN4O4/c27-20-4-1-2-5-21(20)28-25(32)17-29-10-12-30(13-11-29)18-26(33)31-9-3-6-22(31)19-7-8-23-24(16-19)35-15-14-34-23/h1-2,4-5,7-8,16,22H,3,6,9-15,17-18H2,(H,28,32)/t22-/m0/s1. The Bertz CT molecular complexity index is 1070. The van der Waals surface area contributed by atoms with E-state index in [1.54, 1.807) is 12.1 Å². The average Bonchev–Trinajstić information content (AvgIpc) is 3.37. The maximum absolute atomic E-state index is 13.2. The lowest BCUT2D eigenvalue weighted by Gasteiger charge is -2.35. The van der Waals surface area contributed by atoms with Crippen molar-refractivity contribution in [3.63, 3.8) is 0 Å². The minimum Gasteiger partial charge on any atom is -0.486 e. The molecule has 2 saturated heterocycles. The predicted octanol–water partition coefficient (Wildman–Crippen LogP) is 3.03. The first kappa shape index (κ1) is 23.9. The Morgan fingerprint density at radius 3 is 2.40 bits per heavy atom. The Morgan fingerprint density at radius 1 is 0.914 bits per heavy atom. The number of hydrogen-bond acceptors (Lipinski definition) is 6. The molecule has 0 unspecified atom stereocenters. The van der Waals surface area contributed by atoms with Crippen LogP contribution in [0.5, 0.6) is 11.5 Å². The smallest absolute Gasteiger partial charge is 0.238 e. The summed E-state index contributed by atoms with van der Waals surface area (Å²) in [6.45, 7) is 5.62. The lowest BCUT2D eigenvalue weighted by Crippen LogP contribution is -2.51. The molecule has 2 fully saturated rings. The Labute approximate surface area is 210 Å². The molecule has 8 nitrogen and oxygen atoms in total. The fourth-order valence-electron chi connectivity index (χ4n) is 5.02. The van der Waals surface area contributed by atoms with E-state index in [2.05, 4.69) is 21.2 Å². The molecule has 3 heterocycles.